The molecule has 1 saturated carbocycles. The zero-order valence-electron chi connectivity index (χ0n) is 11.0. The van der Waals surface area contributed by atoms with Crippen molar-refractivity contribution in [1.82, 2.24) is 4.90 Å². The van der Waals surface area contributed by atoms with E-state index in [9.17, 15) is 0 Å². The van der Waals surface area contributed by atoms with Gasteiger partial charge in [0.1, 0.15) is 0 Å². The predicted molar refractivity (Wildman–Crippen MR) is 66.8 cm³/mol. The lowest BCUT2D eigenvalue weighted by atomic mass is 9.82. The van der Waals surface area contributed by atoms with Crippen LogP contribution in [0.2, 0.25) is 0 Å². The van der Waals surface area contributed by atoms with Crippen LogP contribution in [0.15, 0.2) is 0 Å². The lowest BCUT2D eigenvalue weighted by Crippen LogP contribution is -2.53. The molecule has 0 radical (unpaired) electrons. The van der Waals surface area contributed by atoms with Crippen molar-refractivity contribution in [2.45, 2.75) is 65.1 Å². The second-order valence-electron chi connectivity index (χ2n) is 5.80. The smallest absolute Gasteiger partial charge is 0.0249 e. The Balaban J connectivity index is 2.60. The molecule has 0 aromatic rings. The van der Waals surface area contributed by atoms with E-state index in [2.05, 4.69) is 39.6 Å². The van der Waals surface area contributed by atoms with Crippen LogP contribution in [0.4, 0.5) is 0 Å². The highest BCUT2D eigenvalue weighted by atomic mass is 15.2. The van der Waals surface area contributed by atoms with Crippen molar-refractivity contribution in [2.75, 3.05) is 7.05 Å². The maximum atomic E-state index is 6.24. The highest BCUT2D eigenvalue weighted by Gasteiger charge is 2.31. The quantitative estimate of drug-likeness (QED) is 0.779. The van der Waals surface area contributed by atoms with Crippen molar-refractivity contribution in [2.24, 2.45) is 17.6 Å². The van der Waals surface area contributed by atoms with E-state index in [0.717, 1.165) is 5.92 Å². The minimum Gasteiger partial charge on any atom is -0.326 e. The van der Waals surface area contributed by atoms with Gasteiger partial charge in [-0.25, -0.2) is 0 Å². The molecule has 0 aromatic heterocycles. The van der Waals surface area contributed by atoms with Crippen molar-refractivity contribution in [3.63, 3.8) is 0 Å². The lowest BCUT2D eigenvalue weighted by Gasteiger charge is -2.42. The van der Waals surface area contributed by atoms with Crippen LogP contribution in [0.3, 0.4) is 0 Å². The Hall–Kier alpha value is -0.0800. The Morgan fingerprint density at radius 3 is 2.33 bits per heavy atom. The molecule has 1 aliphatic carbocycles. The maximum Gasteiger partial charge on any atom is 0.0249 e. The summed E-state index contributed by atoms with van der Waals surface area (Å²) in [6.45, 7) is 9.25. The molecule has 0 amide bonds. The molecular weight excluding hydrogens is 184 g/mol. The van der Waals surface area contributed by atoms with Gasteiger partial charge in [0, 0.05) is 18.1 Å². The van der Waals surface area contributed by atoms with Crippen LogP contribution in [-0.4, -0.2) is 30.1 Å². The highest BCUT2D eigenvalue weighted by Crippen LogP contribution is 2.28. The fourth-order valence-electron chi connectivity index (χ4n) is 2.61. The van der Waals surface area contributed by atoms with Gasteiger partial charge in [-0.15, -0.1) is 0 Å². The fraction of sp³-hybridized carbons (Fsp3) is 1.00. The molecule has 1 fully saturated rings. The average molecular weight is 212 g/mol. The number of nitrogens with zero attached hydrogens (tertiary/aromatic N) is 1. The second-order valence-corrected chi connectivity index (χ2v) is 5.80. The Morgan fingerprint density at radius 1 is 1.20 bits per heavy atom. The van der Waals surface area contributed by atoms with Gasteiger partial charge < -0.3 is 5.73 Å². The monoisotopic (exact) mass is 212 g/mol. The molecule has 0 aromatic carbocycles. The normalized spacial score (nSPS) is 34.8. The Bertz CT molecular complexity index is 191. The van der Waals surface area contributed by atoms with Gasteiger partial charge in [0.05, 0.1) is 0 Å². The van der Waals surface area contributed by atoms with Crippen molar-refractivity contribution in [3.8, 4) is 0 Å². The van der Waals surface area contributed by atoms with Gasteiger partial charge in [-0.05, 0) is 45.1 Å². The fourth-order valence-corrected chi connectivity index (χ4v) is 2.61. The summed E-state index contributed by atoms with van der Waals surface area (Å²) in [6, 6.07) is 1.60. The summed E-state index contributed by atoms with van der Waals surface area (Å²) >= 11 is 0. The van der Waals surface area contributed by atoms with Gasteiger partial charge in [0.25, 0.3) is 0 Å². The van der Waals surface area contributed by atoms with Crippen molar-refractivity contribution in [3.05, 3.63) is 0 Å². The standard InChI is InChI=1S/C13H28N2/c1-9(2)11(4)15(5)13-8-10(3)6-7-12(13)14/h9-13H,6-8,14H2,1-5H3. The molecule has 0 heterocycles. The van der Waals surface area contributed by atoms with E-state index < -0.39 is 0 Å². The molecule has 15 heavy (non-hydrogen) atoms. The topological polar surface area (TPSA) is 29.3 Å². The summed E-state index contributed by atoms with van der Waals surface area (Å²) in [4.78, 5) is 2.50. The summed E-state index contributed by atoms with van der Waals surface area (Å²) < 4.78 is 0. The summed E-state index contributed by atoms with van der Waals surface area (Å²) in [7, 11) is 2.24. The van der Waals surface area contributed by atoms with Crippen LogP contribution in [0, 0.1) is 11.8 Å². The Kier molecular flexibility index (Phi) is 4.60. The molecular formula is C13H28N2. The number of nitrogens with two attached hydrogens (primary N) is 1. The lowest BCUT2D eigenvalue weighted by molar-refractivity contribution is 0.0877. The second kappa shape index (κ2) is 5.31. The van der Waals surface area contributed by atoms with Gasteiger partial charge in [0.2, 0.25) is 0 Å². The first-order valence-corrected chi connectivity index (χ1v) is 6.41. The van der Waals surface area contributed by atoms with Gasteiger partial charge in [-0.1, -0.05) is 20.8 Å². The van der Waals surface area contributed by atoms with Crippen molar-refractivity contribution >= 4 is 0 Å². The average Bonchev–Trinajstić information content (AvgIpc) is 2.19. The summed E-state index contributed by atoms with van der Waals surface area (Å²) in [6.07, 6.45) is 3.78. The van der Waals surface area contributed by atoms with Gasteiger partial charge in [-0.3, -0.25) is 4.90 Å². The zero-order chi connectivity index (χ0) is 11.6. The van der Waals surface area contributed by atoms with E-state index in [1.807, 2.05) is 0 Å². The maximum absolute atomic E-state index is 6.24. The van der Waals surface area contributed by atoms with E-state index >= 15 is 0 Å². The van der Waals surface area contributed by atoms with Crippen LogP contribution in [-0.2, 0) is 0 Å². The molecule has 90 valence electrons. The van der Waals surface area contributed by atoms with Gasteiger partial charge in [-0.2, -0.15) is 0 Å². The van der Waals surface area contributed by atoms with Crippen molar-refractivity contribution in [1.29, 1.82) is 0 Å². The Labute approximate surface area is 95.2 Å². The zero-order valence-corrected chi connectivity index (χ0v) is 11.0. The largest absolute Gasteiger partial charge is 0.326 e. The first-order valence-electron chi connectivity index (χ1n) is 6.41. The van der Waals surface area contributed by atoms with Crippen LogP contribution < -0.4 is 5.73 Å². The van der Waals surface area contributed by atoms with E-state index in [-0.39, 0.29) is 0 Å². The molecule has 4 atom stereocenters. The van der Waals surface area contributed by atoms with Crippen LogP contribution in [0.25, 0.3) is 0 Å². The van der Waals surface area contributed by atoms with E-state index in [1.165, 1.54) is 19.3 Å². The number of likely N-dealkylation sites (N-methyl/N-ethyl adjacent to an activating group) is 1. The number of rotatable bonds is 3. The van der Waals surface area contributed by atoms with E-state index in [1.54, 1.807) is 0 Å². The van der Waals surface area contributed by atoms with Gasteiger partial charge in [0.15, 0.2) is 0 Å². The number of hydrogen-bond donors (Lipinski definition) is 1. The summed E-state index contributed by atoms with van der Waals surface area (Å²) in [5.41, 5.74) is 6.24. The Morgan fingerprint density at radius 2 is 1.80 bits per heavy atom. The third-order valence-electron chi connectivity index (χ3n) is 4.26. The molecule has 1 rings (SSSR count). The molecule has 2 heteroatoms. The minimum atomic E-state index is 0.382. The third-order valence-corrected chi connectivity index (χ3v) is 4.26. The molecule has 0 bridgehead atoms. The molecule has 1 aliphatic rings. The highest BCUT2D eigenvalue weighted by molar-refractivity contribution is 4.89. The molecule has 0 aliphatic heterocycles. The van der Waals surface area contributed by atoms with Crippen LogP contribution in [0.5, 0.6) is 0 Å². The molecule has 2 N–H and O–H groups in total. The molecule has 0 saturated heterocycles. The van der Waals surface area contributed by atoms with E-state index in [4.69, 9.17) is 5.73 Å². The first-order chi connectivity index (χ1) is 6.93. The summed E-state index contributed by atoms with van der Waals surface area (Å²) in [5, 5.41) is 0. The van der Waals surface area contributed by atoms with Crippen LogP contribution >= 0.6 is 0 Å². The molecule has 0 spiro atoms. The van der Waals surface area contributed by atoms with Crippen molar-refractivity contribution < 1.29 is 0 Å². The predicted octanol–water partition coefficient (Wildman–Crippen LogP) is 2.48. The third kappa shape index (κ3) is 3.18. The van der Waals surface area contributed by atoms with Crippen LogP contribution in [0.1, 0.15) is 47.0 Å². The van der Waals surface area contributed by atoms with E-state index in [0.29, 0.717) is 24.0 Å². The molecule has 4 unspecified atom stereocenters. The molecule has 2 nitrogen and oxygen atoms in total. The number of hydrogen-bond acceptors (Lipinski definition) is 2. The summed E-state index contributed by atoms with van der Waals surface area (Å²) in [5.74, 6) is 1.55. The SMILES string of the molecule is CC1CCC(N)C(N(C)C(C)C(C)C)C1. The first kappa shape index (κ1) is 13.0. The minimum absolute atomic E-state index is 0.382. The van der Waals surface area contributed by atoms with Gasteiger partial charge >= 0.3 is 0 Å².